The van der Waals surface area contributed by atoms with Gasteiger partial charge in [0, 0.05) is 11.5 Å². The van der Waals surface area contributed by atoms with Crippen molar-refractivity contribution in [1.82, 2.24) is 0 Å². The highest BCUT2D eigenvalue weighted by Gasteiger charge is 2.19. The van der Waals surface area contributed by atoms with Crippen LogP contribution in [0.3, 0.4) is 0 Å². The van der Waals surface area contributed by atoms with E-state index in [0.29, 0.717) is 5.92 Å². The first kappa shape index (κ1) is 24.4. The van der Waals surface area contributed by atoms with Crippen LogP contribution in [0, 0.1) is 35.5 Å². The zero-order valence-electron chi connectivity index (χ0n) is 19.5. The Balaban J connectivity index is 1.65. The van der Waals surface area contributed by atoms with Crippen LogP contribution >= 0.6 is 0 Å². The number of unbranched alkanes of at least 4 members (excludes halogenated alkanes) is 6. The summed E-state index contributed by atoms with van der Waals surface area (Å²) >= 11 is 0. The van der Waals surface area contributed by atoms with Gasteiger partial charge in [-0.25, -0.2) is 0 Å². The second-order valence-electron chi connectivity index (χ2n) is 8.97. The van der Waals surface area contributed by atoms with Crippen LogP contribution < -0.4 is 0 Å². The number of hydrogen-bond donors (Lipinski definition) is 0. The first-order valence-corrected chi connectivity index (χ1v) is 12.6. The molecule has 1 aromatic rings. The van der Waals surface area contributed by atoms with E-state index in [2.05, 4.69) is 61.8 Å². The maximum Gasteiger partial charge on any atom is 0.0249 e. The van der Waals surface area contributed by atoms with Crippen LogP contribution in [-0.2, 0) is 6.42 Å². The molecule has 0 amide bonds. The fourth-order valence-corrected chi connectivity index (χ4v) is 4.34. The molecule has 0 N–H and O–H groups in total. The molecule has 0 atom stereocenters. The van der Waals surface area contributed by atoms with Crippen molar-refractivity contribution < 1.29 is 0 Å². The molecule has 1 aliphatic rings. The molecule has 0 aromatic heterocycles. The minimum atomic E-state index is 0.597. The number of aryl methyl sites for hydroxylation is 1. The first-order valence-electron chi connectivity index (χ1n) is 12.6. The smallest absolute Gasteiger partial charge is 0.0249 e. The van der Waals surface area contributed by atoms with Gasteiger partial charge in [-0.1, -0.05) is 101 Å². The molecule has 162 valence electrons. The van der Waals surface area contributed by atoms with Gasteiger partial charge in [0.25, 0.3) is 0 Å². The maximum absolute atomic E-state index is 3.44. The largest absolute Gasteiger partial charge is 0.0951 e. The van der Waals surface area contributed by atoms with Crippen LogP contribution in [0.15, 0.2) is 36.4 Å². The average molecular weight is 403 g/mol. The van der Waals surface area contributed by atoms with Crippen LogP contribution in [0.2, 0.25) is 0 Å². The zero-order valence-corrected chi connectivity index (χ0v) is 19.5. The fourth-order valence-electron chi connectivity index (χ4n) is 4.34. The molecule has 0 heteroatoms. The standard InChI is InChI=1S/C30H42/c1-3-5-7-8-12-16-28-23-25-30(26-24-28)18-14-10-9-13-17-29-21-19-27(20-22-29)15-11-6-4-2/h9-10,23-27,29H,3-8,11-12,15-16,19-22H2,1-2H3. The molecule has 1 aromatic carbocycles. The van der Waals surface area contributed by atoms with E-state index in [9.17, 15) is 0 Å². The number of rotatable bonds is 10. The van der Waals surface area contributed by atoms with Crippen molar-refractivity contribution >= 4 is 0 Å². The van der Waals surface area contributed by atoms with Crippen LogP contribution in [0.5, 0.6) is 0 Å². The van der Waals surface area contributed by atoms with Crippen LogP contribution in [0.1, 0.15) is 108 Å². The lowest BCUT2D eigenvalue weighted by atomic mass is 9.80. The monoisotopic (exact) mass is 402 g/mol. The third-order valence-corrected chi connectivity index (χ3v) is 6.34. The summed E-state index contributed by atoms with van der Waals surface area (Å²) in [5.41, 5.74) is 2.52. The Morgan fingerprint density at radius 3 is 2.17 bits per heavy atom. The molecule has 0 heterocycles. The number of benzene rings is 1. The third-order valence-electron chi connectivity index (χ3n) is 6.34. The number of hydrogen-bond acceptors (Lipinski definition) is 0. The molecule has 30 heavy (non-hydrogen) atoms. The molecule has 0 aliphatic heterocycles. The molecule has 2 rings (SSSR count). The summed E-state index contributed by atoms with van der Waals surface area (Å²) in [5, 5.41) is 0. The Bertz CT molecular complexity index is 705. The fraction of sp³-hybridized carbons (Fsp3) is 0.600. The van der Waals surface area contributed by atoms with Crippen molar-refractivity contribution in [2.24, 2.45) is 11.8 Å². The van der Waals surface area contributed by atoms with E-state index >= 15 is 0 Å². The normalized spacial score (nSPS) is 18.5. The first-order chi connectivity index (χ1) is 14.8. The van der Waals surface area contributed by atoms with Crippen molar-refractivity contribution in [3.63, 3.8) is 0 Å². The van der Waals surface area contributed by atoms with Gasteiger partial charge >= 0.3 is 0 Å². The molecule has 0 spiro atoms. The Hall–Kier alpha value is -1.92. The van der Waals surface area contributed by atoms with Crippen LogP contribution in [0.4, 0.5) is 0 Å². The van der Waals surface area contributed by atoms with Gasteiger partial charge in [0.15, 0.2) is 0 Å². The molecule has 1 fully saturated rings. The zero-order chi connectivity index (χ0) is 21.3. The van der Waals surface area contributed by atoms with E-state index in [1.807, 2.05) is 12.2 Å². The van der Waals surface area contributed by atoms with E-state index in [-0.39, 0.29) is 0 Å². The maximum atomic E-state index is 3.44. The van der Waals surface area contributed by atoms with Crippen molar-refractivity contribution in [2.45, 2.75) is 104 Å². The Kier molecular flexibility index (Phi) is 12.9. The lowest BCUT2D eigenvalue weighted by Gasteiger charge is -2.25. The second-order valence-corrected chi connectivity index (χ2v) is 8.97. The molecular formula is C30H42. The minimum absolute atomic E-state index is 0.597. The van der Waals surface area contributed by atoms with Gasteiger partial charge in [-0.3, -0.25) is 0 Å². The average Bonchev–Trinajstić information content (AvgIpc) is 2.78. The van der Waals surface area contributed by atoms with Crippen molar-refractivity contribution in [1.29, 1.82) is 0 Å². The molecular weight excluding hydrogens is 360 g/mol. The van der Waals surface area contributed by atoms with E-state index in [1.54, 1.807) is 0 Å². The van der Waals surface area contributed by atoms with Gasteiger partial charge in [-0.05, 0) is 74.3 Å². The Labute approximate surface area is 186 Å². The Morgan fingerprint density at radius 2 is 1.43 bits per heavy atom. The molecule has 1 aliphatic carbocycles. The third kappa shape index (κ3) is 10.7. The van der Waals surface area contributed by atoms with E-state index in [1.165, 1.54) is 95.5 Å². The Morgan fingerprint density at radius 1 is 0.767 bits per heavy atom. The van der Waals surface area contributed by atoms with Crippen LogP contribution in [0.25, 0.3) is 0 Å². The summed E-state index contributed by atoms with van der Waals surface area (Å²) in [4.78, 5) is 0. The summed E-state index contributed by atoms with van der Waals surface area (Å²) in [6.45, 7) is 4.56. The van der Waals surface area contributed by atoms with Crippen molar-refractivity contribution in [3.8, 4) is 23.7 Å². The molecule has 1 saturated carbocycles. The molecule has 0 nitrogen and oxygen atoms in total. The van der Waals surface area contributed by atoms with Gasteiger partial charge in [0.05, 0.1) is 0 Å². The lowest BCUT2D eigenvalue weighted by Crippen LogP contribution is -2.13. The predicted octanol–water partition coefficient (Wildman–Crippen LogP) is 8.50. The summed E-state index contributed by atoms with van der Waals surface area (Å²) in [6.07, 6.45) is 22.6. The van der Waals surface area contributed by atoms with Gasteiger partial charge in [-0.15, -0.1) is 0 Å². The molecule has 0 bridgehead atoms. The highest BCUT2D eigenvalue weighted by Crippen LogP contribution is 2.31. The summed E-state index contributed by atoms with van der Waals surface area (Å²) < 4.78 is 0. The van der Waals surface area contributed by atoms with Crippen molar-refractivity contribution in [3.05, 3.63) is 47.5 Å². The van der Waals surface area contributed by atoms with Crippen LogP contribution in [-0.4, -0.2) is 0 Å². The SMILES string of the molecule is CCCCCCCc1ccc(C#CC=CC#CC2CCC(CCCCC)CC2)cc1. The quantitative estimate of drug-likeness (QED) is 0.272. The summed E-state index contributed by atoms with van der Waals surface area (Å²) in [7, 11) is 0. The molecule has 0 unspecified atom stereocenters. The number of allylic oxidation sites excluding steroid dienone is 2. The van der Waals surface area contributed by atoms with Gasteiger partial charge in [0.1, 0.15) is 0 Å². The molecule has 0 saturated heterocycles. The highest BCUT2D eigenvalue weighted by atomic mass is 14.2. The van der Waals surface area contributed by atoms with E-state index in [0.717, 1.165) is 11.5 Å². The molecule has 0 radical (unpaired) electrons. The van der Waals surface area contributed by atoms with E-state index < -0.39 is 0 Å². The second kappa shape index (κ2) is 15.9. The summed E-state index contributed by atoms with van der Waals surface area (Å²) in [5.74, 6) is 14.6. The topological polar surface area (TPSA) is 0 Å². The van der Waals surface area contributed by atoms with Gasteiger partial charge < -0.3 is 0 Å². The van der Waals surface area contributed by atoms with E-state index in [4.69, 9.17) is 0 Å². The van der Waals surface area contributed by atoms with Gasteiger partial charge in [0.2, 0.25) is 0 Å². The minimum Gasteiger partial charge on any atom is -0.0951 e. The van der Waals surface area contributed by atoms with Gasteiger partial charge in [-0.2, -0.15) is 0 Å². The lowest BCUT2D eigenvalue weighted by molar-refractivity contribution is 0.294. The highest BCUT2D eigenvalue weighted by molar-refractivity contribution is 5.39. The van der Waals surface area contributed by atoms with Crippen molar-refractivity contribution in [2.75, 3.05) is 0 Å². The predicted molar refractivity (Wildman–Crippen MR) is 132 cm³/mol. The summed E-state index contributed by atoms with van der Waals surface area (Å²) in [6, 6.07) is 8.75.